The van der Waals surface area contributed by atoms with Gasteiger partial charge in [0.15, 0.2) is 0 Å². The van der Waals surface area contributed by atoms with E-state index in [-0.39, 0.29) is 10.8 Å². The van der Waals surface area contributed by atoms with Crippen LogP contribution < -0.4 is 4.90 Å². The molecule has 0 amide bonds. The Morgan fingerprint density at radius 2 is 0.923 bits per heavy atom. The Bertz CT molecular complexity index is 2670. The summed E-state index contributed by atoms with van der Waals surface area (Å²) in [6.45, 7) is 9.39. The average molecular weight is 670 g/mol. The maximum absolute atomic E-state index is 5.90. The van der Waals surface area contributed by atoms with Crippen molar-refractivity contribution < 1.29 is 4.42 Å². The molecule has 10 rings (SSSR count). The van der Waals surface area contributed by atoms with Crippen molar-refractivity contribution >= 4 is 28.0 Å². The molecule has 2 aliphatic carbocycles. The summed E-state index contributed by atoms with van der Waals surface area (Å²) < 4.78 is 5.90. The molecule has 0 saturated carbocycles. The summed E-state index contributed by atoms with van der Waals surface area (Å²) in [5.41, 5.74) is 19.8. The number of benzene rings is 7. The third-order valence-electron chi connectivity index (χ3n) is 11.8. The lowest BCUT2D eigenvalue weighted by molar-refractivity contribution is 0.617. The molecule has 0 N–H and O–H groups in total. The van der Waals surface area contributed by atoms with Crippen LogP contribution in [0.25, 0.3) is 55.5 Å². The van der Waals surface area contributed by atoms with E-state index in [1.165, 1.54) is 55.6 Å². The molecule has 0 unspecified atom stereocenters. The predicted octanol–water partition coefficient (Wildman–Crippen LogP) is 13.8. The molecule has 52 heavy (non-hydrogen) atoms. The van der Waals surface area contributed by atoms with Gasteiger partial charge in [-0.15, -0.1) is 0 Å². The fourth-order valence-corrected chi connectivity index (χ4v) is 9.06. The summed E-state index contributed by atoms with van der Waals surface area (Å²) in [4.78, 5) is 2.40. The van der Waals surface area contributed by atoms with Gasteiger partial charge >= 0.3 is 0 Å². The van der Waals surface area contributed by atoms with E-state index in [4.69, 9.17) is 4.42 Å². The number of furan rings is 1. The zero-order chi connectivity index (χ0) is 35.2. The molecule has 250 valence electrons. The maximum Gasteiger partial charge on any atom is 0.134 e. The van der Waals surface area contributed by atoms with Crippen molar-refractivity contribution in [1.82, 2.24) is 0 Å². The van der Waals surface area contributed by atoms with E-state index in [1.54, 1.807) is 0 Å². The number of rotatable bonds is 5. The Morgan fingerprint density at radius 1 is 0.404 bits per heavy atom. The van der Waals surface area contributed by atoms with Crippen molar-refractivity contribution in [2.45, 2.75) is 38.5 Å². The standard InChI is InChI=1S/C50H39NO/c1-49(2)44-17-9-6-14-41(44)48-37(15-11-18-45(48)49)32-20-24-34(25-21-32)51(35-26-22-33(23-27-35)42-31-52-47-19-10-7-13-40(42)47)36-28-29-39-38-12-5-8-16-43(38)50(3,4)46(39)30-36/h5-31H,1-4H3. The van der Waals surface area contributed by atoms with Gasteiger partial charge in [0.2, 0.25) is 0 Å². The summed E-state index contributed by atoms with van der Waals surface area (Å²) in [6.07, 6.45) is 1.87. The first-order valence-electron chi connectivity index (χ1n) is 18.3. The fourth-order valence-electron chi connectivity index (χ4n) is 9.06. The van der Waals surface area contributed by atoms with Gasteiger partial charge in [0, 0.05) is 38.8 Å². The van der Waals surface area contributed by atoms with Gasteiger partial charge in [-0.1, -0.05) is 143 Å². The highest BCUT2D eigenvalue weighted by Gasteiger charge is 2.37. The molecule has 0 fully saturated rings. The summed E-state index contributed by atoms with van der Waals surface area (Å²) in [6, 6.07) is 57.9. The van der Waals surface area contributed by atoms with Gasteiger partial charge in [0.05, 0.1) is 6.26 Å². The van der Waals surface area contributed by atoms with Crippen molar-refractivity contribution in [2.24, 2.45) is 0 Å². The first-order valence-corrected chi connectivity index (χ1v) is 18.3. The van der Waals surface area contributed by atoms with Crippen LogP contribution in [-0.4, -0.2) is 0 Å². The normalized spacial score (nSPS) is 14.5. The molecule has 0 aliphatic heterocycles. The number of para-hydroxylation sites is 1. The zero-order valence-corrected chi connectivity index (χ0v) is 29.9. The summed E-state index contributed by atoms with van der Waals surface area (Å²) in [5.74, 6) is 0. The van der Waals surface area contributed by atoms with Gasteiger partial charge in [0.1, 0.15) is 5.58 Å². The van der Waals surface area contributed by atoms with Crippen LogP contribution in [0.5, 0.6) is 0 Å². The Labute approximate surface area is 305 Å². The lowest BCUT2D eigenvalue weighted by Gasteiger charge is -2.28. The zero-order valence-electron chi connectivity index (χ0n) is 29.9. The smallest absolute Gasteiger partial charge is 0.134 e. The van der Waals surface area contributed by atoms with Crippen molar-refractivity contribution in [3.05, 3.63) is 186 Å². The van der Waals surface area contributed by atoms with Crippen LogP contribution in [0.4, 0.5) is 17.1 Å². The van der Waals surface area contributed by atoms with E-state index in [0.717, 1.165) is 39.2 Å². The van der Waals surface area contributed by atoms with E-state index in [9.17, 15) is 0 Å². The third kappa shape index (κ3) is 4.43. The van der Waals surface area contributed by atoms with Crippen LogP contribution in [0.2, 0.25) is 0 Å². The van der Waals surface area contributed by atoms with Crippen LogP contribution in [-0.2, 0) is 10.8 Å². The quantitative estimate of drug-likeness (QED) is 0.181. The van der Waals surface area contributed by atoms with Crippen LogP contribution in [0.15, 0.2) is 168 Å². The SMILES string of the molecule is CC1(C)c2ccccc2-c2ccc(N(c3ccc(-c4cccc5c4-c4ccccc4C5(C)C)cc3)c3ccc(-c4coc5ccccc45)cc3)cc21. The summed E-state index contributed by atoms with van der Waals surface area (Å²) in [5, 5.41) is 1.13. The third-order valence-corrected chi connectivity index (χ3v) is 11.8. The highest BCUT2D eigenvalue weighted by Crippen LogP contribution is 2.53. The molecule has 0 spiro atoms. The monoisotopic (exact) mass is 669 g/mol. The first kappa shape index (κ1) is 30.7. The minimum Gasteiger partial charge on any atom is -0.464 e. The van der Waals surface area contributed by atoms with Crippen LogP contribution in [0.1, 0.15) is 49.9 Å². The molecule has 0 saturated heterocycles. The van der Waals surface area contributed by atoms with Gasteiger partial charge in [-0.2, -0.15) is 0 Å². The Balaban J connectivity index is 1.09. The van der Waals surface area contributed by atoms with Gasteiger partial charge in [-0.25, -0.2) is 0 Å². The van der Waals surface area contributed by atoms with E-state index >= 15 is 0 Å². The second-order valence-corrected chi connectivity index (χ2v) is 15.4. The molecular weight excluding hydrogens is 631 g/mol. The molecule has 0 bridgehead atoms. The average Bonchev–Trinajstić information content (AvgIpc) is 3.79. The molecule has 2 aliphatic rings. The lowest BCUT2D eigenvalue weighted by atomic mass is 9.82. The second kappa shape index (κ2) is 11.2. The largest absolute Gasteiger partial charge is 0.464 e. The number of hydrogen-bond donors (Lipinski definition) is 0. The summed E-state index contributed by atoms with van der Waals surface area (Å²) in [7, 11) is 0. The fraction of sp³-hybridized carbons (Fsp3) is 0.120. The molecule has 1 heterocycles. The number of anilines is 3. The van der Waals surface area contributed by atoms with Gasteiger partial charge in [-0.3, -0.25) is 0 Å². The minimum absolute atomic E-state index is 0.0331. The Hall–Kier alpha value is -6.12. The van der Waals surface area contributed by atoms with Crippen molar-refractivity contribution in [3.8, 4) is 44.5 Å². The van der Waals surface area contributed by atoms with E-state index in [0.29, 0.717) is 0 Å². The van der Waals surface area contributed by atoms with Gasteiger partial charge < -0.3 is 9.32 Å². The molecule has 0 atom stereocenters. The van der Waals surface area contributed by atoms with Crippen molar-refractivity contribution in [1.29, 1.82) is 0 Å². The number of hydrogen-bond acceptors (Lipinski definition) is 2. The van der Waals surface area contributed by atoms with Gasteiger partial charge in [-0.05, 0) is 104 Å². The van der Waals surface area contributed by atoms with Crippen molar-refractivity contribution in [3.63, 3.8) is 0 Å². The topological polar surface area (TPSA) is 16.4 Å². The van der Waals surface area contributed by atoms with Crippen LogP contribution in [0, 0.1) is 0 Å². The molecule has 2 heteroatoms. The molecule has 8 aromatic rings. The number of nitrogens with zero attached hydrogens (tertiary/aromatic N) is 1. The Kier molecular flexibility index (Phi) is 6.60. The molecular formula is C50H39NO. The minimum atomic E-state index is -0.0958. The lowest BCUT2D eigenvalue weighted by Crippen LogP contribution is -2.16. The van der Waals surface area contributed by atoms with Crippen molar-refractivity contribution in [2.75, 3.05) is 4.90 Å². The van der Waals surface area contributed by atoms with Gasteiger partial charge in [0.25, 0.3) is 0 Å². The van der Waals surface area contributed by atoms with E-state index < -0.39 is 0 Å². The van der Waals surface area contributed by atoms with E-state index in [1.807, 2.05) is 18.4 Å². The highest BCUT2D eigenvalue weighted by atomic mass is 16.3. The molecule has 0 radical (unpaired) electrons. The first-order chi connectivity index (χ1) is 25.3. The highest BCUT2D eigenvalue weighted by molar-refractivity contribution is 5.95. The maximum atomic E-state index is 5.90. The Morgan fingerprint density at radius 3 is 1.65 bits per heavy atom. The van der Waals surface area contributed by atoms with Crippen LogP contribution >= 0.6 is 0 Å². The van der Waals surface area contributed by atoms with E-state index in [2.05, 4.69) is 178 Å². The molecule has 1 aromatic heterocycles. The van der Waals surface area contributed by atoms with Crippen LogP contribution in [0.3, 0.4) is 0 Å². The molecule has 2 nitrogen and oxygen atoms in total. The second-order valence-electron chi connectivity index (χ2n) is 15.4. The number of fused-ring (bicyclic) bond motifs is 7. The molecule has 7 aromatic carbocycles. The summed E-state index contributed by atoms with van der Waals surface area (Å²) >= 11 is 0. The predicted molar refractivity (Wildman–Crippen MR) is 217 cm³/mol.